The summed E-state index contributed by atoms with van der Waals surface area (Å²) in [6, 6.07) is 14.0. The van der Waals surface area contributed by atoms with Gasteiger partial charge >= 0.3 is 0 Å². The largest absolute Gasteiger partial charge is 0.268 e. The van der Waals surface area contributed by atoms with Crippen molar-refractivity contribution < 1.29 is 0 Å². The summed E-state index contributed by atoms with van der Waals surface area (Å²) in [5.41, 5.74) is 1.03. The van der Waals surface area contributed by atoms with Gasteiger partial charge in [-0.15, -0.1) is 0 Å². The first kappa shape index (κ1) is 12.2. The number of hydrogen-bond donors (Lipinski definition) is 0. The zero-order valence-electron chi connectivity index (χ0n) is 9.68. The van der Waals surface area contributed by atoms with Crippen LogP contribution in [0.2, 0.25) is 10.3 Å². The summed E-state index contributed by atoms with van der Waals surface area (Å²) in [6.07, 6.45) is 0. The molecule has 94 valence electrons. The second-order valence-electron chi connectivity index (χ2n) is 4.01. The van der Waals surface area contributed by atoms with Gasteiger partial charge in [-0.1, -0.05) is 23.7 Å². The molecule has 3 aromatic rings. The zero-order chi connectivity index (χ0) is 13.4. The number of para-hydroxylation sites is 1. The van der Waals surface area contributed by atoms with Gasteiger partial charge in [-0.25, -0.2) is 4.98 Å². The van der Waals surface area contributed by atoms with E-state index >= 15 is 0 Å². The first-order valence-electron chi connectivity index (χ1n) is 5.60. The molecule has 0 N–H and O–H groups in total. The van der Waals surface area contributed by atoms with Gasteiger partial charge in [0.05, 0.1) is 16.6 Å². The molecule has 0 aliphatic carbocycles. The molecule has 0 aliphatic heterocycles. The van der Waals surface area contributed by atoms with E-state index in [1.54, 1.807) is 42.5 Å². The Morgan fingerprint density at radius 1 is 0.947 bits per heavy atom. The van der Waals surface area contributed by atoms with Crippen LogP contribution in [0.15, 0.2) is 53.3 Å². The Hall–Kier alpha value is -1.84. The van der Waals surface area contributed by atoms with E-state index in [1.165, 1.54) is 4.57 Å². The van der Waals surface area contributed by atoms with Crippen molar-refractivity contribution in [3.63, 3.8) is 0 Å². The molecular formula is C14H8Cl2N2O. The molecule has 0 atom stereocenters. The second kappa shape index (κ2) is 4.68. The van der Waals surface area contributed by atoms with Gasteiger partial charge in [-0.3, -0.25) is 9.36 Å². The third-order valence-corrected chi connectivity index (χ3v) is 3.33. The van der Waals surface area contributed by atoms with Gasteiger partial charge in [0.1, 0.15) is 0 Å². The lowest BCUT2D eigenvalue weighted by atomic mass is 10.2. The number of halogens is 2. The van der Waals surface area contributed by atoms with Crippen LogP contribution in [0.4, 0.5) is 0 Å². The highest BCUT2D eigenvalue weighted by molar-refractivity contribution is 6.30. The maximum Gasteiger partial charge on any atom is 0.266 e. The Bertz CT molecular complexity index is 810. The predicted molar refractivity (Wildman–Crippen MR) is 77.4 cm³/mol. The predicted octanol–water partition coefficient (Wildman–Crippen LogP) is 3.69. The summed E-state index contributed by atoms with van der Waals surface area (Å²) in [7, 11) is 0. The van der Waals surface area contributed by atoms with Crippen LogP contribution >= 0.6 is 23.2 Å². The van der Waals surface area contributed by atoms with Crippen LogP contribution < -0.4 is 5.56 Å². The highest BCUT2D eigenvalue weighted by Crippen LogP contribution is 2.17. The molecule has 0 fully saturated rings. The molecule has 19 heavy (non-hydrogen) atoms. The van der Waals surface area contributed by atoms with Gasteiger partial charge in [0, 0.05) is 5.02 Å². The molecule has 2 aromatic carbocycles. The summed E-state index contributed by atoms with van der Waals surface area (Å²) in [4.78, 5) is 16.7. The van der Waals surface area contributed by atoms with E-state index in [1.807, 2.05) is 6.07 Å². The van der Waals surface area contributed by atoms with Crippen molar-refractivity contribution in [2.24, 2.45) is 0 Å². The van der Waals surface area contributed by atoms with Gasteiger partial charge in [0.25, 0.3) is 5.56 Å². The van der Waals surface area contributed by atoms with E-state index in [9.17, 15) is 4.79 Å². The Labute approximate surface area is 119 Å². The van der Waals surface area contributed by atoms with Crippen molar-refractivity contribution in [3.8, 4) is 5.69 Å². The Kier molecular flexibility index (Phi) is 3.01. The average Bonchev–Trinajstić information content (AvgIpc) is 2.41. The van der Waals surface area contributed by atoms with Crippen LogP contribution in [0.5, 0.6) is 0 Å². The molecule has 0 spiro atoms. The van der Waals surface area contributed by atoms with Gasteiger partial charge in [-0.05, 0) is 48.0 Å². The molecule has 1 heterocycles. The Morgan fingerprint density at radius 3 is 2.37 bits per heavy atom. The number of rotatable bonds is 1. The first-order valence-corrected chi connectivity index (χ1v) is 6.35. The van der Waals surface area contributed by atoms with Crippen LogP contribution in [-0.4, -0.2) is 9.55 Å². The molecule has 3 rings (SSSR count). The molecule has 0 amide bonds. The lowest BCUT2D eigenvalue weighted by Gasteiger charge is -2.09. The fraction of sp³-hybridized carbons (Fsp3) is 0. The molecule has 5 heteroatoms. The lowest BCUT2D eigenvalue weighted by Crippen LogP contribution is -2.20. The van der Waals surface area contributed by atoms with E-state index in [0.29, 0.717) is 21.6 Å². The van der Waals surface area contributed by atoms with E-state index < -0.39 is 0 Å². The molecule has 0 saturated carbocycles. The fourth-order valence-electron chi connectivity index (χ4n) is 1.92. The van der Waals surface area contributed by atoms with Crippen LogP contribution in [0.1, 0.15) is 0 Å². The van der Waals surface area contributed by atoms with Crippen molar-refractivity contribution in [1.82, 2.24) is 9.55 Å². The SMILES string of the molecule is O=c1c2ccccc2nc(Cl)n1-c1ccc(Cl)cc1. The van der Waals surface area contributed by atoms with Crippen molar-refractivity contribution >= 4 is 34.1 Å². The van der Waals surface area contributed by atoms with Crippen LogP contribution in [0, 0.1) is 0 Å². The van der Waals surface area contributed by atoms with E-state index in [-0.39, 0.29) is 10.8 Å². The molecule has 0 bridgehead atoms. The van der Waals surface area contributed by atoms with E-state index in [4.69, 9.17) is 23.2 Å². The topological polar surface area (TPSA) is 34.9 Å². The normalized spacial score (nSPS) is 10.8. The Morgan fingerprint density at radius 2 is 1.63 bits per heavy atom. The first-order chi connectivity index (χ1) is 9.16. The van der Waals surface area contributed by atoms with Crippen LogP contribution in [0.25, 0.3) is 16.6 Å². The summed E-state index contributed by atoms with van der Waals surface area (Å²) in [6.45, 7) is 0. The summed E-state index contributed by atoms with van der Waals surface area (Å²) in [5.74, 6) is 0. The Balaban J connectivity index is 2.35. The summed E-state index contributed by atoms with van der Waals surface area (Å²) in [5, 5.41) is 1.26. The molecule has 0 radical (unpaired) electrons. The minimum Gasteiger partial charge on any atom is -0.268 e. The maximum atomic E-state index is 12.4. The summed E-state index contributed by atoms with van der Waals surface area (Å²) >= 11 is 11.9. The fourth-order valence-corrected chi connectivity index (χ4v) is 2.31. The van der Waals surface area contributed by atoms with Crippen LogP contribution in [-0.2, 0) is 0 Å². The number of fused-ring (bicyclic) bond motifs is 1. The quantitative estimate of drug-likeness (QED) is 0.641. The number of aromatic nitrogens is 2. The minimum absolute atomic E-state index is 0.131. The summed E-state index contributed by atoms with van der Waals surface area (Å²) < 4.78 is 1.36. The number of benzene rings is 2. The van der Waals surface area contributed by atoms with E-state index in [2.05, 4.69) is 4.98 Å². The number of nitrogens with zero attached hydrogens (tertiary/aromatic N) is 2. The monoisotopic (exact) mass is 290 g/mol. The van der Waals surface area contributed by atoms with Crippen molar-refractivity contribution in [2.75, 3.05) is 0 Å². The van der Waals surface area contributed by atoms with E-state index in [0.717, 1.165) is 0 Å². The third-order valence-electron chi connectivity index (χ3n) is 2.82. The average molecular weight is 291 g/mol. The molecule has 0 aliphatic rings. The molecule has 0 saturated heterocycles. The van der Waals surface area contributed by atoms with Gasteiger partial charge in [0.15, 0.2) is 0 Å². The lowest BCUT2D eigenvalue weighted by molar-refractivity contribution is 0.964. The highest BCUT2D eigenvalue weighted by Gasteiger charge is 2.10. The molecule has 3 nitrogen and oxygen atoms in total. The van der Waals surface area contributed by atoms with Crippen LogP contribution in [0.3, 0.4) is 0 Å². The van der Waals surface area contributed by atoms with Gasteiger partial charge in [0.2, 0.25) is 5.28 Å². The number of hydrogen-bond acceptors (Lipinski definition) is 2. The molecule has 0 unspecified atom stereocenters. The maximum absolute atomic E-state index is 12.4. The second-order valence-corrected chi connectivity index (χ2v) is 4.79. The third kappa shape index (κ3) is 2.11. The molecule has 1 aromatic heterocycles. The smallest absolute Gasteiger partial charge is 0.266 e. The van der Waals surface area contributed by atoms with Gasteiger partial charge in [-0.2, -0.15) is 0 Å². The highest BCUT2D eigenvalue weighted by atomic mass is 35.5. The van der Waals surface area contributed by atoms with Gasteiger partial charge < -0.3 is 0 Å². The van der Waals surface area contributed by atoms with Crippen molar-refractivity contribution in [3.05, 3.63) is 69.2 Å². The van der Waals surface area contributed by atoms with Crippen molar-refractivity contribution in [2.45, 2.75) is 0 Å². The standard InChI is InChI=1S/C14H8Cl2N2O/c15-9-5-7-10(8-6-9)18-13(19)11-3-1-2-4-12(11)17-14(18)16/h1-8H. The van der Waals surface area contributed by atoms with Crippen molar-refractivity contribution in [1.29, 1.82) is 0 Å². The zero-order valence-corrected chi connectivity index (χ0v) is 11.2. The molecular weight excluding hydrogens is 283 g/mol. The minimum atomic E-state index is -0.196.